The number of nitrogens with zero attached hydrogens (tertiary/aromatic N) is 5. The van der Waals surface area contributed by atoms with Crippen molar-refractivity contribution in [2.24, 2.45) is 5.92 Å². The van der Waals surface area contributed by atoms with Crippen molar-refractivity contribution < 1.29 is 34.0 Å². The van der Waals surface area contributed by atoms with Gasteiger partial charge < -0.3 is 40.4 Å². The summed E-state index contributed by atoms with van der Waals surface area (Å²) in [4.78, 5) is 39.7. The van der Waals surface area contributed by atoms with E-state index in [9.17, 15) is 19.8 Å². The van der Waals surface area contributed by atoms with Crippen molar-refractivity contribution in [3.8, 4) is 11.8 Å². The van der Waals surface area contributed by atoms with E-state index in [0.29, 0.717) is 31.8 Å². The first kappa shape index (κ1) is 28.4. The van der Waals surface area contributed by atoms with Crippen LogP contribution < -0.4 is 11.1 Å². The second kappa shape index (κ2) is 11.8. The van der Waals surface area contributed by atoms with E-state index < -0.39 is 24.0 Å². The monoisotopic (exact) mass is 591 g/mol. The van der Waals surface area contributed by atoms with Gasteiger partial charge in [-0.2, -0.15) is 0 Å². The zero-order chi connectivity index (χ0) is 30.1. The predicted octanol–water partition coefficient (Wildman–Crippen LogP) is 1.80. The Morgan fingerprint density at radius 3 is 2.72 bits per heavy atom. The second-order valence-corrected chi connectivity index (χ2v) is 10.9. The molecule has 0 spiro atoms. The van der Waals surface area contributed by atoms with E-state index in [-0.39, 0.29) is 46.8 Å². The number of likely N-dealkylation sites (tertiary alicyclic amines) is 1. The fourth-order valence-electron chi connectivity index (χ4n) is 5.17. The molecule has 14 heteroatoms. The van der Waals surface area contributed by atoms with Crippen LogP contribution in [-0.2, 0) is 19.0 Å². The second-order valence-electron chi connectivity index (χ2n) is 10.9. The molecular weight excluding hydrogens is 558 g/mol. The predicted molar refractivity (Wildman–Crippen MR) is 152 cm³/mol. The topological polar surface area (TPSA) is 187 Å². The van der Waals surface area contributed by atoms with Crippen molar-refractivity contribution in [3.63, 3.8) is 0 Å². The van der Waals surface area contributed by atoms with Gasteiger partial charge in [-0.15, -0.1) is 0 Å². The lowest BCUT2D eigenvalue weighted by atomic mass is 9.94. The third-order valence-corrected chi connectivity index (χ3v) is 7.84. The highest BCUT2D eigenvalue weighted by Crippen LogP contribution is 2.34. The molecule has 2 aliphatic carbocycles. The smallest absolute Gasteiger partial charge is 0.410 e. The minimum atomic E-state index is -1.51. The van der Waals surface area contributed by atoms with E-state index in [4.69, 9.17) is 19.9 Å². The van der Waals surface area contributed by atoms with Crippen LogP contribution in [0.4, 0.5) is 10.6 Å². The Morgan fingerprint density at radius 1 is 1.23 bits per heavy atom. The van der Waals surface area contributed by atoms with E-state index in [1.54, 1.807) is 18.1 Å². The number of aliphatic hydroxyl groups is 2. The Hall–Kier alpha value is -4.77. The minimum Gasteiger partial charge on any atom is -0.506 e. The number of aliphatic hydroxyl groups excluding tert-OH is 2. The highest BCUT2D eigenvalue weighted by molar-refractivity contribution is 5.93. The number of nitrogens with two attached hydrogens (primary N) is 1. The molecule has 3 atom stereocenters. The van der Waals surface area contributed by atoms with Crippen LogP contribution in [-0.4, -0.2) is 85.1 Å². The van der Waals surface area contributed by atoms with Gasteiger partial charge in [0.25, 0.3) is 5.91 Å². The molecule has 2 aliphatic heterocycles. The number of aromatic nitrogens is 4. The number of hydrogen-bond acceptors (Lipinski definition) is 11. The van der Waals surface area contributed by atoms with Gasteiger partial charge in [0.15, 0.2) is 23.3 Å². The number of anilines is 1. The summed E-state index contributed by atoms with van der Waals surface area (Å²) in [6.07, 6.45) is 8.04. The molecule has 6 rings (SSSR count). The van der Waals surface area contributed by atoms with Crippen LogP contribution in [0, 0.1) is 17.8 Å². The SMILES string of the molecule is COC1=CCC(OC(=O)N2CCC(CC#Cc3nc(N)c4ncn([C@@H]5OC(C(=O)NC6CC6)=C(O)C5O)c4n3)CC2)C=C1. The Balaban J connectivity index is 1.05. The molecule has 2 aromatic heterocycles. The van der Waals surface area contributed by atoms with Gasteiger partial charge in [0, 0.05) is 32.0 Å². The van der Waals surface area contributed by atoms with Crippen LogP contribution in [0.5, 0.6) is 0 Å². The molecular formula is C29H33N7O7. The molecule has 0 aromatic carbocycles. The molecule has 5 N–H and O–H groups in total. The number of nitrogen functional groups attached to an aromatic ring is 1. The summed E-state index contributed by atoms with van der Waals surface area (Å²) in [5, 5.41) is 23.7. The maximum Gasteiger partial charge on any atom is 0.410 e. The molecule has 226 valence electrons. The van der Waals surface area contributed by atoms with Gasteiger partial charge in [-0.05, 0) is 55.7 Å². The summed E-state index contributed by atoms with van der Waals surface area (Å²) in [7, 11) is 1.60. The maximum absolute atomic E-state index is 12.6. The van der Waals surface area contributed by atoms with Gasteiger partial charge in [0.05, 0.1) is 7.11 Å². The van der Waals surface area contributed by atoms with E-state index in [2.05, 4.69) is 32.1 Å². The van der Waals surface area contributed by atoms with Crippen LogP contribution in [0.2, 0.25) is 0 Å². The van der Waals surface area contributed by atoms with Gasteiger partial charge >= 0.3 is 6.09 Å². The zero-order valence-electron chi connectivity index (χ0n) is 23.6. The van der Waals surface area contributed by atoms with Gasteiger partial charge in [0.2, 0.25) is 17.8 Å². The summed E-state index contributed by atoms with van der Waals surface area (Å²) in [6, 6.07) is 0.0478. The fraction of sp³-hybridized carbons (Fsp3) is 0.483. The molecule has 2 aromatic rings. The Kier molecular flexibility index (Phi) is 7.81. The molecule has 1 saturated heterocycles. The number of carbonyl (C=O) groups is 2. The van der Waals surface area contributed by atoms with Gasteiger partial charge in [0.1, 0.15) is 23.7 Å². The number of allylic oxidation sites excluding steroid dienone is 1. The third-order valence-electron chi connectivity index (χ3n) is 7.84. The normalized spacial score (nSPS) is 23.8. The summed E-state index contributed by atoms with van der Waals surface area (Å²) < 4.78 is 17.8. The van der Waals surface area contributed by atoms with E-state index in [1.165, 1.54) is 10.9 Å². The highest BCUT2D eigenvalue weighted by Gasteiger charge is 2.42. The molecule has 0 radical (unpaired) electrons. The van der Waals surface area contributed by atoms with Crippen molar-refractivity contribution >= 4 is 29.0 Å². The summed E-state index contributed by atoms with van der Waals surface area (Å²) in [5.74, 6) is 5.90. The number of piperidine rings is 1. The van der Waals surface area contributed by atoms with Crippen LogP contribution in [0.3, 0.4) is 0 Å². The molecule has 4 aliphatic rings. The number of methoxy groups -OCH3 is 1. The minimum absolute atomic E-state index is 0.0478. The number of carbonyl (C=O) groups excluding carboxylic acids is 2. The van der Waals surface area contributed by atoms with E-state index in [1.807, 2.05) is 12.2 Å². The number of imidazole rings is 1. The lowest BCUT2D eigenvalue weighted by Gasteiger charge is -2.31. The number of fused-ring (bicyclic) bond motifs is 1. The molecule has 4 heterocycles. The van der Waals surface area contributed by atoms with Crippen molar-refractivity contribution in [2.75, 3.05) is 25.9 Å². The first-order valence-corrected chi connectivity index (χ1v) is 14.3. The summed E-state index contributed by atoms with van der Waals surface area (Å²) in [6.45, 7) is 1.17. The van der Waals surface area contributed by atoms with E-state index >= 15 is 0 Å². The Bertz CT molecular complexity index is 1570. The van der Waals surface area contributed by atoms with Crippen LogP contribution >= 0.6 is 0 Å². The number of hydrogen-bond donors (Lipinski definition) is 4. The molecule has 1 saturated carbocycles. The van der Waals surface area contributed by atoms with Crippen LogP contribution in [0.15, 0.2) is 41.8 Å². The lowest BCUT2D eigenvalue weighted by molar-refractivity contribution is -0.122. The first-order chi connectivity index (χ1) is 20.8. The first-order valence-electron chi connectivity index (χ1n) is 14.3. The van der Waals surface area contributed by atoms with Crippen LogP contribution in [0.25, 0.3) is 11.2 Å². The lowest BCUT2D eigenvalue weighted by Crippen LogP contribution is -2.40. The Labute approximate surface area is 247 Å². The van der Waals surface area contributed by atoms with Gasteiger partial charge in [-0.1, -0.05) is 5.92 Å². The molecule has 2 amide bonds. The van der Waals surface area contributed by atoms with E-state index in [0.717, 1.165) is 31.4 Å². The zero-order valence-corrected chi connectivity index (χ0v) is 23.6. The maximum atomic E-state index is 12.6. The quantitative estimate of drug-likeness (QED) is 0.359. The van der Waals surface area contributed by atoms with Gasteiger partial charge in [-0.25, -0.2) is 19.7 Å². The van der Waals surface area contributed by atoms with Gasteiger partial charge in [-0.3, -0.25) is 9.36 Å². The highest BCUT2D eigenvalue weighted by atomic mass is 16.6. The molecule has 43 heavy (non-hydrogen) atoms. The number of amides is 2. The van der Waals surface area contributed by atoms with Crippen molar-refractivity contribution in [1.29, 1.82) is 0 Å². The summed E-state index contributed by atoms with van der Waals surface area (Å²) in [5.41, 5.74) is 6.64. The fourth-order valence-corrected chi connectivity index (χ4v) is 5.17. The Morgan fingerprint density at radius 2 is 2.02 bits per heavy atom. The number of nitrogens with one attached hydrogen (secondary N) is 1. The summed E-state index contributed by atoms with van der Waals surface area (Å²) >= 11 is 0. The van der Waals surface area contributed by atoms with Crippen LogP contribution in [0.1, 0.15) is 50.6 Å². The third kappa shape index (κ3) is 6.07. The molecule has 2 unspecified atom stereocenters. The number of rotatable bonds is 6. The largest absolute Gasteiger partial charge is 0.506 e. The number of ether oxygens (including phenoxy) is 3. The van der Waals surface area contributed by atoms with Crippen molar-refractivity contribution in [1.82, 2.24) is 29.7 Å². The molecule has 2 fully saturated rings. The standard InChI is InChI=1S/C29H33N7O7/c1-41-18-7-9-19(10-8-18)42-29(40)35-13-11-16(12-14-35)3-2-4-20-33-25(30)21-26(34-20)36(15-31-21)28-23(38)22(37)24(43-28)27(39)32-17-5-6-17/h7-9,15-17,19,23,28,37-38H,3,5-6,10-14H2,1H3,(H,32,39)(H2,30,33,34)/t19?,23?,28-/m1/s1. The molecule has 0 bridgehead atoms. The van der Waals surface area contributed by atoms with Crippen molar-refractivity contribution in [3.05, 3.63) is 47.7 Å². The van der Waals surface area contributed by atoms with Crippen molar-refractivity contribution in [2.45, 2.75) is 63.0 Å². The average molecular weight is 592 g/mol. The molecule has 14 nitrogen and oxygen atoms in total. The average Bonchev–Trinajstić information content (AvgIpc) is 3.64.